The van der Waals surface area contributed by atoms with Gasteiger partial charge in [0.15, 0.2) is 0 Å². The van der Waals surface area contributed by atoms with E-state index >= 15 is 0 Å². The van der Waals surface area contributed by atoms with Crippen LogP contribution in [0, 0.1) is 13.8 Å². The molecule has 7 nitrogen and oxygen atoms in total. The fourth-order valence-corrected chi connectivity index (χ4v) is 5.30. The van der Waals surface area contributed by atoms with Crippen LogP contribution in [-0.2, 0) is 27.7 Å². The number of nitrogens with one attached hydrogen (secondary N) is 1. The molecule has 1 aromatic heterocycles. The van der Waals surface area contributed by atoms with Crippen molar-refractivity contribution in [2.24, 2.45) is 0 Å². The SMILES string of the molecule is CC[C@@H](NS(=O)(=O)c1ccc(C)cc1)C(=O)Oc1cc(C)cc2oc(=O)c3c(c12)CCC3. The van der Waals surface area contributed by atoms with E-state index in [0.717, 1.165) is 23.1 Å². The summed E-state index contributed by atoms with van der Waals surface area (Å²) in [5.74, 6) is -0.437. The molecule has 168 valence electrons. The van der Waals surface area contributed by atoms with Crippen LogP contribution in [0.2, 0.25) is 0 Å². The van der Waals surface area contributed by atoms with Crippen molar-refractivity contribution in [1.82, 2.24) is 4.72 Å². The molecule has 0 unspecified atom stereocenters. The number of rotatable bonds is 6. The summed E-state index contributed by atoms with van der Waals surface area (Å²) < 4.78 is 39.1. The lowest BCUT2D eigenvalue weighted by atomic mass is 10.0. The van der Waals surface area contributed by atoms with Crippen molar-refractivity contribution in [3.63, 3.8) is 0 Å². The number of benzene rings is 2. The van der Waals surface area contributed by atoms with E-state index in [4.69, 9.17) is 9.15 Å². The van der Waals surface area contributed by atoms with Crippen LogP contribution in [0.1, 0.15) is 42.0 Å². The highest BCUT2D eigenvalue weighted by atomic mass is 32.2. The quantitative estimate of drug-likeness (QED) is 0.346. The van der Waals surface area contributed by atoms with Gasteiger partial charge in [0.05, 0.1) is 10.3 Å². The van der Waals surface area contributed by atoms with E-state index in [1.165, 1.54) is 12.1 Å². The number of fused-ring (bicyclic) bond motifs is 3. The lowest BCUT2D eigenvalue weighted by Crippen LogP contribution is -2.42. The number of carbonyl (C=O) groups is 1. The van der Waals surface area contributed by atoms with Gasteiger partial charge in [0.2, 0.25) is 10.0 Å². The van der Waals surface area contributed by atoms with Crippen LogP contribution in [0.5, 0.6) is 5.75 Å². The zero-order valence-corrected chi connectivity index (χ0v) is 19.0. The fourth-order valence-electron chi connectivity index (χ4n) is 4.04. The van der Waals surface area contributed by atoms with Crippen LogP contribution in [0.3, 0.4) is 0 Å². The van der Waals surface area contributed by atoms with E-state index < -0.39 is 22.0 Å². The Hall–Kier alpha value is -2.97. The van der Waals surface area contributed by atoms with Crippen LogP contribution in [-0.4, -0.2) is 20.4 Å². The van der Waals surface area contributed by atoms with Crippen LogP contribution < -0.4 is 15.1 Å². The van der Waals surface area contributed by atoms with Gasteiger partial charge >= 0.3 is 11.6 Å². The Morgan fingerprint density at radius 1 is 1.09 bits per heavy atom. The van der Waals surface area contributed by atoms with Crippen LogP contribution in [0.4, 0.5) is 0 Å². The topological polar surface area (TPSA) is 103 Å². The van der Waals surface area contributed by atoms with Gasteiger partial charge in [0.25, 0.3) is 0 Å². The number of esters is 1. The fraction of sp³-hybridized carbons (Fsp3) is 0.333. The van der Waals surface area contributed by atoms with Gasteiger partial charge in [-0.05, 0) is 74.9 Å². The maximum Gasteiger partial charge on any atom is 0.339 e. The summed E-state index contributed by atoms with van der Waals surface area (Å²) in [6.07, 6.45) is 2.36. The Labute approximate surface area is 186 Å². The molecule has 1 heterocycles. The molecule has 0 radical (unpaired) electrons. The zero-order valence-electron chi connectivity index (χ0n) is 18.2. The van der Waals surface area contributed by atoms with Gasteiger partial charge in [0.1, 0.15) is 17.4 Å². The third kappa shape index (κ3) is 4.20. The summed E-state index contributed by atoms with van der Waals surface area (Å²) in [6.45, 7) is 5.37. The first-order valence-corrected chi connectivity index (χ1v) is 12.1. The number of carbonyl (C=O) groups excluding carboxylic acids is 1. The van der Waals surface area contributed by atoms with E-state index in [0.29, 0.717) is 29.4 Å². The molecule has 1 atom stereocenters. The van der Waals surface area contributed by atoms with Gasteiger partial charge in [-0.3, -0.25) is 0 Å². The van der Waals surface area contributed by atoms with Gasteiger partial charge in [-0.25, -0.2) is 18.0 Å². The first-order chi connectivity index (χ1) is 15.2. The molecule has 0 saturated heterocycles. The van der Waals surface area contributed by atoms with Crippen molar-refractivity contribution in [1.29, 1.82) is 0 Å². The first-order valence-electron chi connectivity index (χ1n) is 10.6. The predicted molar refractivity (Wildman–Crippen MR) is 120 cm³/mol. The second-order valence-corrected chi connectivity index (χ2v) is 9.87. The van der Waals surface area contributed by atoms with E-state index in [2.05, 4.69) is 4.72 Å². The summed E-state index contributed by atoms with van der Waals surface area (Å²) in [6, 6.07) is 8.76. The molecular formula is C24H25NO6S. The van der Waals surface area contributed by atoms with E-state index in [-0.39, 0.29) is 22.7 Å². The highest BCUT2D eigenvalue weighted by Gasteiger charge is 2.28. The first kappa shape index (κ1) is 22.2. The van der Waals surface area contributed by atoms with Gasteiger partial charge < -0.3 is 9.15 Å². The molecule has 0 amide bonds. The Bertz CT molecular complexity index is 1360. The maximum atomic E-state index is 13.0. The normalized spacial score (nSPS) is 14.3. The smallest absolute Gasteiger partial charge is 0.339 e. The molecule has 1 aliphatic rings. The highest BCUT2D eigenvalue weighted by molar-refractivity contribution is 7.89. The number of ether oxygens (including phenoxy) is 1. The second-order valence-electron chi connectivity index (χ2n) is 8.15. The molecule has 0 aliphatic heterocycles. The van der Waals surface area contributed by atoms with Crippen molar-refractivity contribution in [2.75, 3.05) is 0 Å². The van der Waals surface area contributed by atoms with Crippen LogP contribution >= 0.6 is 0 Å². The summed E-state index contributed by atoms with van der Waals surface area (Å²) in [7, 11) is -3.90. The number of hydrogen-bond donors (Lipinski definition) is 1. The number of sulfonamides is 1. The van der Waals surface area contributed by atoms with Crippen molar-refractivity contribution in [3.8, 4) is 5.75 Å². The maximum absolute atomic E-state index is 13.0. The molecule has 0 spiro atoms. The zero-order chi connectivity index (χ0) is 23.0. The minimum atomic E-state index is -3.90. The van der Waals surface area contributed by atoms with Gasteiger partial charge in [-0.15, -0.1) is 0 Å². The Morgan fingerprint density at radius 3 is 2.47 bits per heavy atom. The van der Waals surface area contributed by atoms with E-state index in [9.17, 15) is 18.0 Å². The third-order valence-corrected chi connectivity index (χ3v) is 7.20. The number of hydrogen-bond acceptors (Lipinski definition) is 6. The molecule has 2 aromatic carbocycles. The molecule has 0 fully saturated rings. The lowest BCUT2D eigenvalue weighted by molar-refractivity contribution is -0.136. The Balaban J connectivity index is 1.66. The summed E-state index contributed by atoms with van der Waals surface area (Å²) >= 11 is 0. The largest absolute Gasteiger partial charge is 0.425 e. The summed E-state index contributed by atoms with van der Waals surface area (Å²) in [4.78, 5) is 25.4. The highest BCUT2D eigenvalue weighted by Crippen LogP contribution is 2.35. The molecule has 4 rings (SSSR count). The van der Waals surface area contributed by atoms with Crippen molar-refractivity contribution in [3.05, 3.63) is 69.1 Å². The second kappa shape index (κ2) is 8.52. The molecule has 8 heteroatoms. The average Bonchev–Trinajstić information content (AvgIpc) is 3.22. The van der Waals surface area contributed by atoms with Crippen molar-refractivity contribution >= 4 is 27.0 Å². The monoisotopic (exact) mass is 455 g/mol. The predicted octanol–water partition coefficient (Wildman–Crippen LogP) is 3.56. The van der Waals surface area contributed by atoms with E-state index in [1.807, 2.05) is 6.92 Å². The molecular weight excluding hydrogens is 430 g/mol. The lowest BCUT2D eigenvalue weighted by Gasteiger charge is -2.18. The summed E-state index contributed by atoms with van der Waals surface area (Å²) in [5.41, 5.74) is 3.16. The molecule has 3 aromatic rings. The molecule has 0 saturated carbocycles. The standard InChI is InChI=1S/C24H25NO6S/c1-4-19(25-32(28,29)16-10-8-14(2)9-11-16)24(27)31-21-13-15(3)12-20-22(21)17-6-5-7-18(17)23(26)30-20/h8-13,19,25H,4-7H2,1-3H3/t19-/m1/s1. The molecule has 32 heavy (non-hydrogen) atoms. The van der Waals surface area contributed by atoms with Crippen LogP contribution in [0.25, 0.3) is 11.0 Å². The average molecular weight is 456 g/mol. The molecule has 0 bridgehead atoms. The minimum Gasteiger partial charge on any atom is -0.425 e. The molecule has 1 N–H and O–H groups in total. The van der Waals surface area contributed by atoms with Gasteiger partial charge in [-0.1, -0.05) is 24.6 Å². The third-order valence-electron chi connectivity index (χ3n) is 5.71. The van der Waals surface area contributed by atoms with Crippen molar-refractivity contribution in [2.45, 2.75) is 57.4 Å². The Kier molecular flexibility index (Phi) is 5.92. The van der Waals surface area contributed by atoms with Crippen LogP contribution in [0.15, 0.2) is 50.5 Å². The van der Waals surface area contributed by atoms with Crippen molar-refractivity contribution < 1.29 is 22.4 Å². The Morgan fingerprint density at radius 2 is 1.78 bits per heavy atom. The van der Waals surface area contributed by atoms with Gasteiger partial charge in [0, 0.05) is 5.56 Å². The minimum absolute atomic E-state index is 0.0787. The number of aryl methyl sites for hydroxylation is 3. The summed E-state index contributed by atoms with van der Waals surface area (Å²) in [5, 5.41) is 0.604. The van der Waals surface area contributed by atoms with E-state index in [1.54, 1.807) is 38.1 Å². The van der Waals surface area contributed by atoms with Gasteiger partial charge in [-0.2, -0.15) is 4.72 Å². The molecule has 1 aliphatic carbocycles.